The molecule has 4 rings (SSSR count). The third-order valence-corrected chi connectivity index (χ3v) is 4.59. The molecule has 27 heavy (non-hydrogen) atoms. The summed E-state index contributed by atoms with van der Waals surface area (Å²) in [6, 6.07) is 22.4. The van der Waals surface area contributed by atoms with Crippen LogP contribution in [0.4, 0.5) is 5.82 Å². The highest BCUT2D eigenvalue weighted by Gasteiger charge is 2.13. The molecule has 134 valence electrons. The predicted molar refractivity (Wildman–Crippen MR) is 111 cm³/mol. The van der Waals surface area contributed by atoms with E-state index in [0.717, 1.165) is 33.8 Å². The first kappa shape index (κ1) is 17.2. The Labute approximate surface area is 159 Å². The van der Waals surface area contributed by atoms with E-state index in [4.69, 9.17) is 9.97 Å². The van der Waals surface area contributed by atoms with E-state index < -0.39 is 0 Å². The van der Waals surface area contributed by atoms with Crippen molar-refractivity contribution in [3.05, 3.63) is 84.2 Å². The molecule has 2 heterocycles. The summed E-state index contributed by atoms with van der Waals surface area (Å²) in [5.41, 5.74) is 4.25. The van der Waals surface area contributed by atoms with Gasteiger partial charge in [-0.1, -0.05) is 56.3 Å². The van der Waals surface area contributed by atoms with Gasteiger partial charge in [0.25, 0.3) is 0 Å². The number of fused-ring (bicyclic) bond motifs is 1. The molecule has 0 fully saturated rings. The second-order valence-electron chi connectivity index (χ2n) is 6.83. The largest absolute Gasteiger partial charge is 0.364 e. The molecule has 2 aromatic heterocycles. The fourth-order valence-electron chi connectivity index (χ4n) is 3.21. The molecule has 4 heteroatoms. The van der Waals surface area contributed by atoms with Gasteiger partial charge in [-0.25, -0.2) is 9.97 Å². The van der Waals surface area contributed by atoms with Crippen LogP contribution in [0.3, 0.4) is 0 Å². The van der Waals surface area contributed by atoms with Crippen LogP contribution in [0.1, 0.15) is 31.0 Å². The van der Waals surface area contributed by atoms with Crippen LogP contribution in [0.15, 0.2) is 72.9 Å². The second kappa shape index (κ2) is 7.54. The van der Waals surface area contributed by atoms with Crippen molar-refractivity contribution in [1.82, 2.24) is 15.0 Å². The Balaban J connectivity index is 1.79. The number of para-hydroxylation sites is 1. The number of nitrogens with one attached hydrogen (secondary N) is 1. The molecule has 4 aromatic rings. The molecule has 0 bridgehead atoms. The van der Waals surface area contributed by atoms with E-state index in [-0.39, 0.29) is 0 Å². The van der Waals surface area contributed by atoms with E-state index in [1.54, 1.807) is 6.20 Å². The Morgan fingerprint density at radius 3 is 2.44 bits per heavy atom. The Kier molecular flexibility index (Phi) is 4.79. The lowest BCUT2D eigenvalue weighted by Crippen LogP contribution is -2.06. The van der Waals surface area contributed by atoms with Gasteiger partial charge in [0.05, 0.1) is 17.8 Å². The van der Waals surface area contributed by atoms with Crippen LogP contribution in [0.2, 0.25) is 0 Å². The fraction of sp³-hybridized carbons (Fsp3) is 0.174. The van der Waals surface area contributed by atoms with Crippen LogP contribution in [0.25, 0.3) is 22.3 Å². The molecule has 0 saturated carbocycles. The van der Waals surface area contributed by atoms with Crippen LogP contribution in [-0.2, 0) is 6.54 Å². The van der Waals surface area contributed by atoms with Crippen LogP contribution in [0, 0.1) is 0 Å². The maximum Gasteiger partial charge on any atom is 0.162 e. The van der Waals surface area contributed by atoms with Crippen molar-refractivity contribution in [3.63, 3.8) is 0 Å². The van der Waals surface area contributed by atoms with Crippen LogP contribution < -0.4 is 5.32 Å². The average Bonchev–Trinajstić information content (AvgIpc) is 2.72. The van der Waals surface area contributed by atoms with Crippen molar-refractivity contribution < 1.29 is 0 Å². The first-order valence-corrected chi connectivity index (χ1v) is 9.22. The van der Waals surface area contributed by atoms with Crippen molar-refractivity contribution >= 4 is 16.7 Å². The number of benzene rings is 2. The number of nitrogens with zero attached hydrogens (tertiary/aromatic N) is 3. The average molecular weight is 354 g/mol. The lowest BCUT2D eigenvalue weighted by Gasteiger charge is -2.14. The number of pyridine rings is 1. The van der Waals surface area contributed by atoms with E-state index in [9.17, 15) is 0 Å². The van der Waals surface area contributed by atoms with Crippen molar-refractivity contribution in [2.45, 2.75) is 26.3 Å². The van der Waals surface area contributed by atoms with E-state index in [0.29, 0.717) is 12.5 Å². The van der Waals surface area contributed by atoms with Gasteiger partial charge in [-0.2, -0.15) is 0 Å². The summed E-state index contributed by atoms with van der Waals surface area (Å²) in [4.78, 5) is 14.1. The van der Waals surface area contributed by atoms with Crippen molar-refractivity contribution in [1.29, 1.82) is 0 Å². The standard InChI is InChI=1S/C23H22N4/c1-16(2)18-10-3-4-11-19(18)23-26-21-13-6-5-12-20(21)22(27-23)25-15-17-9-7-8-14-24-17/h3-14,16H,15H2,1-2H3,(H,25,26,27). The maximum atomic E-state index is 4.88. The van der Waals surface area contributed by atoms with Gasteiger partial charge in [0.1, 0.15) is 5.82 Å². The first-order valence-electron chi connectivity index (χ1n) is 9.22. The zero-order valence-electron chi connectivity index (χ0n) is 15.6. The van der Waals surface area contributed by atoms with Gasteiger partial charge >= 0.3 is 0 Å². The molecule has 0 saturated heterocycles. The first-order chi connectivity index (χ1) is 13.2. The minimum atomic E-state index is 0.404. The summed E-state index contributed by atoms with van der Waals surface area (Å²) in [5, 5.41) is 4.46. The summed E-state index contributed by atoms with van der Waals surface area (Å²) < 4.78 is 0. The molecule has 0 radical (unpaired) electrons. The molecule has 0 amide bonds. The molecule has 0 atom stereocenters. The smallest absolute Gasteiger partial charge is 0.162 e. The number of anilines is 1. The highest BCUT2D eigenvalue weighted by atomic mass is 15.0. The number of aromatic nitrogens is 3. The van der Waals surface area contributed by atoms with E-state index in [1.807, 2.05) is 48.5 Å². The van der Waals surface area contributed by atoms with Gasteiger partial charge in [0, 0.05) is 17.1 Å². The van der Waals surface area contributed by atoms with Crippen molar-refractivity contribution in [3.8, 4) is 11.4 Å². The fourth-order valence-corrected chi connectivity index (χ4v) is 3.21. The molecule has 0 spiro atoms. The number of rotatable bonds is 5. The van der Waals surface area contributed by atoms with Gasteiger partial charge in [0.2, 0.25) is 0 Å². The number of hydrogen-bond donors (Lipinski definition) is 1. The lowest BCUT2D eigenvalue weighted by molar-refractivity contribution is 0.866. The molecule has 1 N–H and O–H groups in total. The molecular weight excluding hydrogens is 332 g/mol. The molecule has 0 unspecified atom stereocenters. The molecule has 2 aromatic carbocycles. The Morgan fingerprint density at radius 1 is 0.852 bits per heavy atom. The van der Waals surface area contributed by atoms with Crippen LogP contribution >= 0.6 is 0 Å². The summed E-state index contributed by atoms with van der Waals surface area (Å²) in [7, 11) is 0. The minimum Gasteiger partial charge on any atom is -0.364 e. The van der Waals surface area contributed by atoms with Gasteiger partial charge in [0.15, 0.2) is 5.82 Å². The van der Waals surface area contributed by atoms with E-state index >= 15 is 0 Å². The second-order valence-corrected chi connectivity index (χ2v) is 6.83. The Morgan fingerprint density at radius 2 is 1.63 bits per heavy atom. The summed E-state index contributed by atoms with van der Waals surface area (Å²) in [6.45, 7) is 5.01. The molecule has 0 aliphatic heterocycles. The lowest BCUT2D eigenvalue weighted by atomic mass is 9.97. The van der Waals surface area contributed by atoms with E-state index in [2.05, 4.69) is 42.3 Å². The van der Waals surface area contributed by atoms with Crippen LogP contribution in [0.5, 0.6) is 0 Å². The topological polar surface area (TPSA) is 50.7 Å². The quantitative estimate of drug-likeness (QED) is 0.519. The molecule has 0 aliphatic rings. The van der Waals surface area contributed by atoms with Crippen molar-refractivity contribution in [2.24, 2.45) is 0 Å². The monoisotopic (exact) mass is 354 g/mol. The third kappa shape index (κ3) is 3.65. The highest BCUT2D eigenvalue weighted by Crippen LogP contribution is 2.30. The zero-order valence-corrected chi connectivity index (χ0v) is 15.6. The normalized spacial score (nSPS) is 11.1. The Hall–Kier alpha value is -3.27. The highest BCUT2D eigenvalue weighted by molar-refractivity contribution is 5.90. The summed E-state index contributed by atoms with van der Waals surface area (Å²) in [5.74, 6) is 1.99. The van der Waals surface area contributed by atoms with Gasteiger partial charge in [-0.05, 0) is 35.7 Å². The molecule has 4 nitrogen and oxygen atoms in total. The minimum absolute atomic E-state index is 0.404. The van der Waals surface area contributed by atoms with Gasteiger partial charge < -0.3 is 5.32 Å². The predicted octanol–water partition coefficient (Wildman–Crippen LogP) is 5.43. The third-order valence-electron chi connectivity index (χ3n) is 4.59. The maximum absolute atomic E-state index is 4.88. The summed E-state index contributed by atoms with van der Waals surface area (Å²) >= 11 is 0. The van der Waals surface area contributed by atoms with Crippen molar-refractivity contribution in [2.75, 3.05) is 5.32 Å². The number of hydrogen-bond acceptors (Lipinski definition) is 4. The van der Waals surface area contributed by atoms with Gasteiger partial charge in [-0.15, -0.1) is 0 Å². The molecule has 0 aliphatic carbocycles. The Bertz CT molecular complexity index is 1060. The molecular formula is C23H22N4. The van der Waals surface area contributed by atoms with E-state index in [1.165, 1.54) is 5.56 Å². The van der Waals surface area contributed by atoms with Gasteiger partial charge in [-0.3, -0.25) is 4.98 Å². The van der Waals surface area contributed by atoms with Crippen LogP contribution in [-0.4, -0.2) is 15.0 Å². The SMILES string of the molecule is CC(C)c1ccccc1-c1nc(NCc2ccccn2)c2ccccc2n1. The zero-order chi connectivity index (χ0) is 18.6. The summed E-state index contributed by atoms with van der Waals surface area (Å²) in [6.07, 6.45) is 1.80.